The minimum absolute atomic E-state index is 0.0104. The number of nitrogens with one attached hydrogen (secondary N) is 2. The summed E-state index contributed by atoms with van der Waals surface area (Å²) in [6.45, 7) is 2.05. The van der Waals surface area contributed by atoms with Gasteiger partial charge in [-0.05, 0) is 67.0 Å². The van der Waals surface area contributed by atoms with Gasteiger partial charge in [0.25, 0.3) is 5.91 Å². The topological polar surface area (TPSA) is 102 Å². The van der Waals surface area contributed by atoms with Gasteiger partial charge in [-0.1, -0.05) is 31.2 Å². The molecule has 1 amide bonds. The van der Waals surface area contributed by atoms with Crippen molar-refractivity contribution in [2.75, 3.05) is 5.32 Å². The average Bonchev–Trinajstić information content (AvgIpc) is 2.76. The van der Waals surface area contributed by atoms with Crippen molar-refractivity contribution in [3.8, 4) is 6.07 Å². The molecule has 0 aromatic heterocycles. The van der Waals surface area contributed by atoms with E-state index in [9.17, 15) is 14.9 Å². The number of nitrogens with zero attached hydrogens (tertiary/aromatic N) is 1. The number of nitriles is 1. The van der Waals surface area contributed by atoms with Crippen LogP contribution in [0.25, 0.3) is 0 Å². The lowest BCUT2D eigenvalue weighted by molar-refractivity contribution is -0.112. The summed E-state index contributed by atoms with van der Waals surface area (Å²) in [5.74, 6) is -1.67. The Kier molecular flexibility index (Phi) is 6.87. The number of hydrogen-bond donors (Lipinski definition) is 3. The summed E-state index contributed by atoms with van der Waals surface area (Å²) in [5.41, 5.74) is 4.25. The van der Waals surface area contributed by atoms with E-state index < -0.39 is 11.9 Å². The van der Waals surface area contributed by atoms with Crippen molar-refractivity contribution in [3.63, 3.8) is 0 Å². The van der Waals surface area contributed by atoms with Gasteiger partial charge in [0.05, 0.1) is 11.6 Å². The Balaban J connectivity index is 1.72. The molecule has 2 aromatic rings. The van der Waals surface area contributed by atoms with Gasteiger partial charge in [0.2, 0.25) is 0 Å². The number of carbonyl (C=O) groups is 2. The second kappa shape index (κ2) is 9.75. The highest BCUT2D eigenvalue weighted by molar-refractivity contribution is 6.06. The average molecular weight is 403 g/mol. The standard InChI is InChI=1S/C24H25N3O3/c1-2-22(18-11-10-16-6-3-4-7-17(16)12-18)26-15-20(14-25)23(28)27-21-9-5-8-19(13-21)24(29)30/h5,8-13,15,22,26H,2-4,6-7H2,1H3,(H,27,28)(H,29,30)/b20-15-. The molecule has 6 heteroatoms. The number of carbonyl (C=O) groups excluding carboxylic acids is 1. The van der Waals surface area contributed by atoms with E-state index in [0.717, 1.165) is 24.8 Å². The van der Waals surface area contributed by atoms with E-state index >= 15 is 0 Å². The number of carboxylic acid groups (broad SMARTS) is 1. The summed E-state index contributed by atoms with van der Waals surface area (Å²) < 4.78 is 0. The van der Waals surface area contributed by atoms with Crippen LogP contribution in [0.1, 0.15) is 59.3 Å². The lowest BCUT2D eigenvalue weighted by Gasteiger charge is -2.21. The number of amides is 1. The smallest absolute Gasteiger partial charge is 0.335 e. The first-order chi connectivity index (χ1) is 14.5. The molecule has 3 N–H and O–H groups in total. The first-order valence-electron chi connectivity index (χ1n) is 10.1. The van der Waals surface area contributed by atoms with Crippen molar-refractivity contribution in [3.05, 3.63) is 76.5 Å². The van der Waals surface area contributed by atoms with E-state index in [1.54, 1.807) is 6.07 Å². The zero-order chi connectivity index (χ0) is 21.5. The molecule has 1 unspecified atom stereocenters. The van der Waals surface area contributed by atoms with E-state index in [-0.39, 0.29) is 17.2 Å². The van der Waals surface area contributed by atoms with E-state index in [2.05, 4.69) is 35.8 Å². The van der Waals surface area contributed by atoms with Gasteiger partial charge in [-0.2, -0.15) is 5.26 Å². The largest absolute Gasteiger partial charge is 0.478 e. The summed E-state index contributed by atoms with van der Waals surface area (Å²) >= 11 is 0. The molecule has 1 aliphatic carbocycles. The molecule has 30 heavy (non-hydrogen) atoms. The number of hydrogen-bond acceptors (Lipinski definition) is 4. The third-order valence-corrected chi connectivity index (χ3v) is 5.34. The second-order valence-corrected chi connectivity index (χ2v) is 7.37. The van der Waals surface area contributed by atoms with Crippen molar-refractivity contribution in [1.82, 2.24) is 5.32 Å². The minimum atomic E-state index is -1.08. The molecular weight excluding hydrogens is 378 g/mol. The van der Waals surface area contributed by atoms with E-state index in [1.165, 1.54) is 48.4 Å². The summed E-state index contributed by atoms with van der Waals surface area (Å²) in [5, 5.41) is 24.3. The van der Waals surface area contributed by atoms with Gasteiger partial charge in [0, 0.05) is 11.9 Å². The molecule has 0 heterocycles. The summed E-state index contributed by atoms with van der Waals surface area (Å²) in [7, 11) is 0. The molecule has 0 saturated carbocycles. The lowest BCUT2D eigenvalue weighted by atomic mass is 9.89. The maximum Gasteiger partial charge on any atom is 0.335 e. The molecule has 1 aliphatic rings. The Labute approximate surface area is 176 Å². The van der Waals surface area contributed by atoms with Gasteiger partial charge >= 0.3 is 5.97 Å². The normalized spacial score (nSPS) is 14.2. The van der Waals surface area contributed by atoms with Gasteiger partial charge in [-0.3, -0.25) is 4.79 Å². The Morgan fingerprint density at radius 2 is 1.93 bits per heavy atom. The molecule has 154 valence electrons. The van der Waals surface area contributed by atoms with Gasteiger partial charge < -0.3 is 15.7 Å². The molecule has 0 radical (unpaired) electrons. The first-order valence-corrected chi connectivity index (χ1v) is 10.1. The number of rotatable bonds is 7. The van der Waals surface area contributed by atoms with Crippen molar-refractivity contribution >= 4 is 17.6 Å². The molecule has 0 aliphatic heterocycles. The van der Waals surface area contributed by atoms with Crippen LogP contribution in [0.15, 0.2) is 54.2 Å². The Bertz CT molecular complexity index is 1020. The number of aromatic carboxylic acids is 1. The van der Waals surface area contributed by atoms with Crippen LogP contribution in [0, 0.1) is 11.3 Å². The highest BCUT2D eigenvalue weighted by atomic mass is 16.4. The van der Waals surface area contributed by atoms with Crippen LogP contribution in [-0.2, 0) is 17.6 Å². The fraction of sp³-hybridized carbons (Fsp3) is 0.292. The highest BCUT2D eigenvalue weighted by Crippen LogP contribution is 2.26. The van der Waals surface area contributed by atoms with E-state index in [0.29, 0.717) is 5.69 Å². The molecule has 1 atom stereocenters. The van der Waals surface area contributed by atoms with Gasteiger partial charge in [-0.25, -0.2) is 4.79 Å². The first kappa shape index (κ1) is 21.1. The van der Waals surface area contributed by atoms with Crippen molar-refractivity contribution < 1.29 is 14.7 Å². The van der Waals surface area contributed by atoms with Crippen LogP contribution in [0.3, 0.4) is 0 Å². The molecule has 3 rings (SSSR count). The lowest BCUT2D eigenvalue weighted by Crippen LogP contribution is -2.20. The highest BCUT2D eigenvalue weighted by Gasteiger charge is 2.15. The number of carboxylic acids is 1. The summed E-state index contributed by atoms with van der Waals surface area (Å²) in [4.78, 5) is 23.5. The van der Waals surface area contributed by atoms with Crippen molar-refractivity contribution in [2.24, 2.45) is 0 Å². The third kappa shape index (κ3) is 5.06. The number of fused-ring (bicyclic) bond motifs is 1. The molecule has 0 bridgehead atoms. The Morgan fingerprint density at radius 1 is 1.17 bits per heavy atom. The van der Waals surface area contributed by atoms with Crippen LogP contribution < -0.4 is 10.6 Å². The molecule has 2 aromatic carbocycles. The van der Waals surface area contributed by atoms with Crippen LogP contribution in [0.4, 0.5) is 5.69 Å². The predicted octanol–water partition coefficient (Wildman–Crippen LogP) is 4.35. The van der Waals surface area contributed by atoms with Crippen LogP contribution in [-0.4, -0.2) is 17.0 Å². The molecule has 0 spiro atoms. The van der Waals surface area contributed by atoms with E-state index in [4.69, 9.17) is 5.11 Å². The van der Waals surface area contributed by atoms with Crippen LogP contribution in [0.2, 0.25) is 0 Å². The fourth-order valence-corrected chi connectivity index (χ4v) is 3.68. The number of anilines is 1. The molecule has 6 nitrogen and oxygen atoms in total. The summed E-state index contributed by atoms with van der Waals surface area (Å²) in [6.07, 6.45) is 6.90. The maximum absolute atomic E-state index is 12.5. The monoisotopic (exact) mass is 403 g/mol. The van der Waals surface area contributed by atoms with Crippen LogP contribution in [0.5, 0.6) is 0 Å². The zero-order valence-corrected chi connectivity index (χ0v) is 16.9. The zero-order valence-electron chi connectivity index (χ0n) is 16.9. The Morgan fingerprint density at radius 3 is 2.63 bits per heavy atom. The Hall–Kier alpha value is -3.59. The third-order valence-electron chi connectivity index (χ3n) is 5.34. The second-order valence-electron chi connectivity index (χ2n) is 7.37. The van der Waals surface area contributed by atoms with Gasteiger partial charge in [0.1, 0.15) is 11.6 Å². The SMILES string of the molecule is CCC(N/C=C(/C#N)C(=O)Nc1cccc(C(=O)O)c1)c1ccc2c(c1)CCCC2. The number of aryl methyl sites for hydroxylation is 2. The molecular formula is C24H25N3O3. The summed E-state index contributed by atoms with van der Waals surface area (Å²) in [6, 6.07) is 14.3. The van der Waals surface area contributed by atoms with Crippen molar-refractivity contribution in [2.45, 2.75) is 45.1 Å². The van der Waals surface area contributed by atoms with Gasteiger partial charge in [0.15, 0.2) is 0 Å². The van der Waals surface area contributed by atoms with Crippen molar-refractivity contribution in [1.29, 1.82) is 5.26 Å². The molecule has 0 fully saturated rings. The maximum atomic E-state index is 12.5. The van der Waals surface area contributed by atoms with Crippen LogP contribution >= 0.6 is 0 Å². The quantitative estimate of drug-likeness (QED) is 0.471. The van der Waals surface area contributed by atoms with E-state index in [1.807, 2.05) is 6.07 Å². The number of benzene rings is 2. The van der Waals surface area contributed by atoms with Gasteiger partial charge in [-0.15, -0.1) is 0 Å². The fourth-order valence-electron chi connectivity index (χ4n) is 3.68. The molecule has 0 saturated heterocycles. The predicted molar refractivity (Wildman–Crippen MR) is 115 cm³/mol. The minimum Gasteiger partial charge on any atom is -0.478 e.